The van der Waals surface area contributed by atoms with E-state index in [0.29, 0.717) is 5.56 Å². The van der Waals surface area contributed by atoms with Gasteiger partial charge in [-0.2, -0.15) is 13.2 Å². The molecule has 94 valence electrons. The van der Waals surface area contributed by atoms with Crippen LogP contribution in [-0.2, 0) is 6.18 Å². The molecule has 2 rings (SSSR count). The fourth-order valence-electron chi connectivity index (χ4n) is 2.27. The van der Waals surface area contributed by atoms with E-state index in [9.17, 15) is 17.6 Å². The molecule has 0 saturated heterocycles. The van der Waals surface area contributed by atoms with Crippen LogP contribution in [0, 0.1) is 11.2 Å². The Morgan fingerprint density at radius 2 is 1.76 bits per heavy atom. The molecule has 2 N–H and O–H groups in total. The molecular weight excluding hydrogens is 234 g/mol. The SMILES string of the molecule is CC1(C)C(N)C1c1ccc(C(F)(F)F)c(F)c1. The van der Waals surface area contributed by atoms with Gasteiger partial charge < -0.3 is 5.73 Å². The maximum Gasteiger partial charge on any atom is 0.419 e. The fourth-order valence-corrected chi connectivity index (χ4v) is 2.27. The molecule has 1 aliphatic rings. The molecule has 17 heavy (non-hydrogen) atoms. The summed E-state index contributed by atoms with van der Waals surface area (Å²) < 4.78 is 50.4. The summed E-state index contributed by atoms with van der Waals surface area (Å²) in [7, 11) is 0. The Morgan fingerprint density at radius 1 is 1.24 bits per heavy atom. The van der Waals surface area contributed by atoms with E-state index in [1.54, 1.807) is 0 Å². The normalized spacial score (nSPS) is 27.0. The minimum atomic E-state index is -4.65. The largest absolute Gasteiger partial charge is 0.419 e. The first-order valence-electron chi connectivity index (χ1n) is 5.28. The highest BCUT2D eigenvalue weighted by molar-refractivity contribution is 5.37. The maximum absolute atomic E-state index is 13.4. The van der Waals surface area contributed by atoms with Crippen molar-refractivity contribution < 1.29 is 17.6 Å². The third-order valence-corrected chi connectivity index (χ3v) is 3.57. The standard InChI is InChI=1S/C12H13F4N/c1-11(2)9(10(11)17)6-3-4-7(8(13)5-6)12(14,15)16/h3-5,9-10H,17H2,1-2H3. The zero-order valence-electron chi connectivity index (χ0n) is 9.48. The molecule has 2 atom stereocenters. The summed E-state index contributed by atoms with van der Waals surface area (Å²) in [5.74, 6) is -1.30. The van der Waals surface area contributed by atoms with Gasteiger partial charge in [0.1, 0.15) is 5.82 Å². The lowest BCUT2D eigenvalue weighted by Gasteiger charge is -2.09. The zero-order chi connectivity index (χ0) is 13.0. The van der Waals surface area contributed by atoms with Crippen LogP contribution in [0.25, 0.3) is 0 Å². The molecule has 2 unspecified atom stereocenters. The van der Waals surface area contributed by atoms with Crippen molar-refractivity contribution in [3.63, 3.8) is 0 Å². The second kappa shape index (κ2) is 3.45. The molecule has 1 fully saturated rings. The summed E-state index contributed by atoms with van der Waals surface area (Å²) >= 11 is 0. The molecular formula is C12H13F4N. The van der Waals surface area contributed by atoms with E-state index in [0.717, 1.165) is 12.1 Å². The molecule has 1 aromatic rings. The summed E-state index contributed by atoms with van der Waals surface area (Å²) in [6.45, 7) is 3.83. The van der Waals surface area contributed by atoms with Gasteiger partial charge in [-0.1, -0.05) is 19.9 Å². The molecule has 0 heterocycles. The molecule has 0 spiro atoms. The summed E-state index contributed by atoms with van der Waals surface area (Å²) in [6.07, 6.45) is -4.65. The van der Waals surface area contributed by atoms with Gasteiger partial charge in [0.15, 0.2) is 0 Å². The first-order chi connectivity index (χ1) is 7.65. The highest BCUT2D eigenvalue weighted by atomic mass is 19.4. The van der Waals surface area contributed by atoms with Crippen molar-refractivity contribution in [3.8, 4) is 0 Å². The average Bonchev–Trinajstić information content (AvgIpc) is 2.63. The Labute approximate surface area is 96.6 Å². The van der Waals surface area contributed by atoms with Gasteiger partial charge in [-0.05, 0) is 23.1 Å². The lowest BCUT2D eigenvalue weighted by atomic mass is 10.0. The topological polar surface area (TPSA) is 26.0 Å². The van der Waals surface area contributed by atoms with Gasteiger partial charge in [0.25, 0.3) is 0 Å². The van der Waals surface area contributed by atoms with Gasteiger partial charge in [0.2, 0.25) is 0 Å². The number of alkyl halides is 3. The second-order valence-electron chi connectivity index (χ2n) is 5.06. The number of hydrogen-bond donors (Lipinski definition) is 1. The quantitative estimate of drug-likeness (QED) is 0.757. The van der Waals surface area contributed by atoms with E-state index in [2.05, 4.69) is 0 Å². The Kier molecular flexibility index (Phi) is 2.51. The third-order valence-electron chi connectivity index (χ3n) is 3.57. The highest BCUT2D eigenvalue weighted by Gasteiger charge is 2.56. The minimum Gasteiger partial charge on any atom is -0.327 e. The Bertz CT molecular complexity index is 450. The number of benzene rings is 1. The van der Waals surface area contributed by atoms with Crippen LogP contribution in [0.3, 0.4) is 0 Å². The van der Waals surface area contributed by atoms with E-state index in [-0.39, 0.29) is 17.4 Å². The van der Waals surface area contributed by atoms with Gasteiger partial charge in [-0.3, -0.25) is 0 Å². The van der Waals surface area contributed by atoms with Crippen LogP contribution in [0.15, 0.2) is 18.2 Å². The molecule has 1 nitrogen and oxygen atoms in total. The van der Waals surface area contributed by atoms with Crippen LogP contribution in [-0.4, -0.2) is 6.04 Å². The van der Waals surface area contributed by atoms with E-state index in [1.807, 2.05) is 13.8 Å². The van der Waals surface area contributed by atoms with Gasteiger partial charge in [0.05, 0.1) is 5.56 Å². The van der Waals surface area contributed by atoms with Crippen LogP contribution in [0.5, 0.6) is 0 Å². The van der Waals surface area contributed by atoms with Gasteiger partial charge >= 0.3 is 6.18 Å². The molecule has 0 amide bonds. The van der Waals surface area contributed by atoms with E-state index < -0.39 is 17.6 Å². The van der Waals surface area contributed by atoms with Crippen molar-refractivity contribution >= 4 is 0 Å². The summed E-state index contributed by atoms with van der Waals surface area (Å²) in [4.78, 5) is 0. The number of halogens is 4. The maximum atomic E-state index is 13.4. The molecule has 1 aromatic carbocycles. The number of hydrogen-bond acceptors (Lipinski definition) is 1. The van der Waals surface area contributed by atoms with Crippen molar-refractivity contribution in [2.24, 2.45) is 11.1 Å². The van der Waals surface area contributed by atoms with Gasteiger partial charge in [0, 0.05) is 12.0 Å². The van der Waals surface area contributed by atoms with Crippen LogP contribution in [0.1, 0.15) is 30.9 Å². The van der Waals surface area contributed by atoms with Gasteiger partial charge in [-0.25, -0.2) is 4.39 Å². The average molecular weight is 247 g/mol. The number of rotatable bonds is 1. The van der Waals surface area contributed by atoms with E-state index in [4.69, 9.17) is 5.73 Å². The first kappa shape index (κ1) is 12.4. The minimum absolute atomic E-state index is 0.0701. The zero-order valence-corrected chi connectivity index (χ0v) is 9.48. The summed E-state index contributed by atoms with van der Waals surface area (Å²) in [5, 5.41) is 0. The molecule has 1 aliphatic carbocycles. The smallest absolute Gasteiger partial charge is 0.327 e. The van der Waals surface area contributed by atoms with Crippen LogP contribution < -0.4 is 5.73 Å². The van der Waals surface area contributed by atoms with Crippen molar-refractivity contribution in [1.29, 1.82) is 0 Å². The van der Waals surface area contributed by atoms with Crippen molar-refractivity contribution in [3.05, 3.63) is 35.1 Å². The van der Waals surface area contributed by atoms with E-state index >= 15 is 0 Å². The van der Waals surface area contributed by atoms with Crippen molar-refractivity contribution in [1.82, 2.24) is 0 Å². The van der Waals surface area contributed by atoms with E-state index in [1.165, 1.54) is 6.07 Å². The van der Waals surface area contributed by atoms with Crippen LogP contribution in [0.4, 0.5) is 17.6 Å². The molecule has 1 saturated carbocycles. The molecule has 0 radical (unpaired) electrons. The Morgan fingerprint density at radius 3 is 2.12 bits per heavy atom. The molecule has 0 bridgehead atoms. The Hall–Kier alpha value is -1.10. The summed E-state index contributed by atoms with van der Waals surface area (Å²) in [6, 6.07) is 2.91. The molecule has 0 aliphatic heterocycles. The van der Waals surface area contributed by atoms with Crippen molar-refractivity contribution in [2.75, 3.05) is 0 Å². The summed E-state index contributed by atoms with van der Waals surface area (Å²) in [5.41, 5.74) is 4.94. The first-order valence-corrected chi connectivity index (χ1v) is 5.28. The van der Waals surface area contributed by atoms with Gasteiger partial charge in [-0.15, -0.1) is 0 Å². The van der Waals surface area contributed by atoms with Crippen molar-refractivity contribution in [2.45, 2.75) is 32.0 Å². The molecule has 5 heteroatoms. The lowest BCUT2D eigenvalue weighted by molar-refractivity contribution is -0.140. The second-order valence-corrected chi connectivity index (χ2v) is 5.06. The predicted molar refractivity (Wildman–Crippen MR) is 55.9 cm³/mol. The highest BCUT2D eigenvalue weighted by Crippen LogP contribution is 2.57. The monoisotopic (exact) mass is 247 g/mol. The fraction of sp³-hybridized carbons (Fsp3) is 0.500. The predicted octanol–water partition coefficient (Wildman–Crippen LogP) is 3.30. The van der Waals surface area contributed by atoms with Crippen LogP contribution >= 0.6 is 0 Å². The third kappa shape index (κ3) is 1.92. The van der Waals surface area contributed by atoms with Crippen LogP contribution in [0.2, 0.25) is 0 Å². The lowest BCUT2D eigenvalue weighted by Crippen LogP contribution is -2.09. The number of nitrogens with two attached hydrogens (primary N) is 1. The molecule has 0 aromatic heterocycles. The Balaban J connectivity index is 2.34.